The van der Waals surface area contributed by atoms with Crippen molar-refractivity contribution in [3.63, 3.8) is 0 Å². The molecule has 3 rings (SSSR count). The quantitative estimate of drug-likeness (QED) is 0.841. The van der Waals surface area contributed by atoms with Crippen LogP contribution in [0.25, 0.3) is 0 Å². The Bertz CT molecular complexity index is 544. The molecule has 0 amide bonds. The summed E-state index contributed by atoms with van der Waals surface area (Å²) >= 11 is 0. The van der Waals surface area contributed by atoms with Gasteiger partial charge in [0, 0.05) is 32.0 Å². The molecule has 2 heterocycles. The van der Waals surface area contributed by atoms with Gasteiger partial charge in [0.15, 0.2) is 0 Å². The van der Waals surface area contributed by atoms with E-state index in [9.17, 15) is 0 Å². The Hall–Kier alpha value is -1.87. The Morgan fingerprint density at radius 2 is 1.95 bits per heavy atom. The predicted octanol–water partition coefficient (Wildman–Crippen LogP) is 3.34. The third-order valence-electron chi connectivity index (χ3n) is 4.08. The SMILES string of the molecule is C[C@H](CN1CC[C@H](Oc2ccncc2)C1)c1ccccc1. The lowest BCUT2D eigenvalue weighted by Crippen LogP contribution is -2.28. The highest BCUT2D eigenvalue weighted by Gasteiger charge is 2.25. The second-order valence-electron chi connectivity index (χ2n) is 5.78. The number of pyridine rings is 1. The molecule has 0 saturated carbocycles. The first-order chi connectivity index (χ1) is 10.3. The second-order valence-corrected chi connectivity index (χ2v) is 5.78. The summed E-state index contributed by atoms with van der Waals surface area (Å²) in [5.74, 6) is 1.49. The molecule has 0 radical (unpaired) electrons. The van der Waals surface area contributed by atoms with Crippen LogP contribution in [0.1, 0.15) is 24.8 Å². The molecule has 2 atom stereocenters. The van der Waals surface area contributed by atoms with Crippen molar-refractivity contribution < 1.29 is 4.74 Å². The number of hydrogen-bond donors (Lipinski definition) is 0. The Labute approximate surface area is 126 Å². The highest BCUT2D eigenvalue weighted by molar-refractivity contribution is 5.19. The van der Waals surface area contributed by atoms with Gasteiger partial charge in [-0.2, -0.15) is 0 Å². The van der Waals surface area contributed by atoms with Crippen LogP contribution in [0.5, 0.6) is 5.75 Å². The molecular weight excluding hydrogens is 260 g/mol. The summed E-state index contributed by atoms with van der Waals surface area (Å²) in [5, 5.41) is 0. The summed E-state index contributed by atoms with van der Waals surface area (Å²) < 4.78 is 6.01. The summed E-state index contributed by atoms with van der Waals surface area (Å²) in [4.78, 5) is 6.52. The highest BCUT2D eigenvalue weighted by Crippen LogP contribution is 2.21. The van der Waals surface area contributed by atoms with E-state index in [1.165, 1.54) is 5.56 Å². The molecule has 0 N–H and O–H groups in total. The first kappa shape index (κ1) is 14.1. The van der Waals surface area contributed by atoms with Gasteiger partial charge in [-0.25, -0.2) is 0 Å². The zero-order valence-electron chi connectivity index (χ0n) is 12.5. The molecule has 1 aliphatic rings. The lowest BCUT2D eigenvalue weighted by molar-refractivity contribution is 0.198. The van der Waals surface area contributed by atoms with Crippen molar-refractivity contribution in [1.29, 1.82) is 0 Å². The van der Waals surface area contributed by atoms with Crippen LogP contribution in [0.4, 0.5) is 0 Å². The Kier molecular flexibility index (Phi) is 4.51. The lowest BCUT2D eigenvalue weighted by Gasteiger charge is -2.21. The van der Waals surface area contributed by atoms with Crippen LogP contribution in [0.3, 0.4) is 0 Å². The topological polar surface area (TPSA) is 25.4 Å². The minimum Gasteiger partial charge on any atom is -0.489 e. The number of nitrogens with zero attached hydrogens (tertiary/aromatic N) is 2. The zero-order chi connectivity index (χ0) is 14.5. The van der Waals surface area contributed by atoms with Crippen molar-refractivity contribution in [3.05, 3.63) is 60.4 Å². The van der Waals surface area contributed by atoms with E-state index >= 15 is 0 Å². The van der Waals surface area contributed by atoms with Gasteiger partial charge in [0.1, 0.15) is 11.9 Å². The van der Waals surface area contributed by atoms with Gasteiger partial charge in [-0.05, 0) is 30.0 Å². The van der Waals surface area contributed by atoms with Gasteiger partial charge in [0.05, 0.1) is 0 Å². The molecule has 1 saturated heterocycles. The number of ether oxygens (including phenoxy) is 1. The van der Waals surface area contributed by atoms with Gasteiger partial charge in [-0.15, -0.1) is 0 Å². The maximum absolute atomic E-state index is 6.01. The first-order valence-corrected chi connectivity index (χ1v) is 7.65. The molecule has 2 aromatic rings. The van der Waals surface area contributed by atoms with E-state index in [2.05, 4.69) is 47.1 Å². The molecule has 0 aliphatic carbocycles. The fourth-order valence-electron chi connectivity index (χ4n) is 2.94. The smallest absolute Gasteiger partial charge is 0.122 e. The van der Waals surface area contributed by atoms with E-state index in [0.29, 0.717) is 12.0 Å². The molecule has 1 aromatic heterocycles. The van der Waals surface area contributed by atoms with Crippen LogP contribution in [0, 0.1) is 0 Å². The lowest BCUT2D eigenvalue weighted by atomic mass is 10.0. The molecule has 1 aliphatic heterocycles. The Morgan fingerprint density at radius 1 is 1.19 bits per heavy atom. The summed E-state index contributed by atoms with van der Waals surface area (Å²) in [6.45, 7) is 5.53. The molecule has 0 bridgehead atoms. The fraction of sp³-hybridized carbons (Fsp3) is 0.389. The maximum atomic E-state index is 6.01. The molecule has 0 unspecified atom stereocenters. The van der Waals surface area contributed by atoms with Crippen molar-refractivity contribution in [2.24, 2.45) is 0 Å². The molecule has 21 heavy (non-hydrogen) atoms. The maximum Gasteiger partial charge on any atom is 0.122 e. The Morgan fingerprint density at radius 3 is 2.71 bits per heavy atom. The molecule has 110 valence electrons. The van der Waals surface area contributed by atoms with Gasteiger partial charge in [-0.1, -0.05) is 37.3 Å². The molecule has 1 fully saturated rings. The average Bonchev–Trinajstić information content (AvgIpc) is 2.96. The summed E-state index contributed by atoms with van der Waals surface area (Å²) in [6.07, 6.45) is 4.96. The zero-order valence-corrected chi connectivity index (χ0v) is 12.5. The van der Waals surface area contributed by atoms with Crippen LogP contribution < -0.4 is 4.74 Å². The van der Waals surface area contributed by atoms with Crippen LogP contribution in [0.15, 0.2) is 54.9 Å². The van der Waals surface area contributed by atoms with E-state index < -0.39 is 0 Å². The highest BCUT2D eigenvalue weighted by atomic mass is 16.5. The van der Waals surface area contributed by atoms with Crippen LogP contribution in [-0.2, 0) is 0 Å². The van der Waals surface area contributed by atoms with E-state index in [0.717, 1.165) is 31.8 Å². The molecule has 3 nitrogen and oxygen atoms in total. The minimum atomic E-state index is 0.301. The summed E-state index contributed by atoms with van der Waals surface area (Å²) in [6, 6.07) is 14.6. The van der Waals surface area contributed by atoms with Crippen molar-refractivity contribution in [2.45, 2.75) is 25.4 Å². The normalized spacial score (nSPS) is 20.3. The number of benzene rings is 1. The standard InChI is InChI=1S/C18H22N2O/c1-15(16-5-3-2-4-6-16)13-20-12-9-18(14-20)21-17-7-10-19-11-8-17/h2-8,10-11,15,18H,9,12-14H2,1H3/t15-,18+/m1/s1. The van der Waals surface area contributed by atoms with Gasteiger partial charge in [0.2, 0.25) is 0 Å². The number of likely N-dealkylation sites (tertiary alicyclic amines) is 1. The minimum absolute atomic E-state index is 0.301. The third kappa shape index (κ3) is 3.82. The van der Waals surface area contributed by atoms with E-state index in [1.54, 1.807) is 12.4 Å². The molecule has 3 heteroatoms. The summed E-state index contributed by atoms with van der Waals surface area (Å²) in [7, 11) is 0. The average molecular weight is 282 g/mol. The van der Waals surface area contributed by atoms with Crippen LogP contribution in [-0.4, -0.2) is 35.6 Å². The van der Waals surface area contributed by atoms with Gasteiger partial charge in [-0.3, -0.25) is 9.88 Å². The van der Waals surface area contributed by atoms with Gasteiger partial charge < -0.3 is 4.74 Å². The van der Waals surface area contributed by atoms with Crippen LogP contribution >= 0.6 is 0 Å². The second kappa shape index (κ2) is 6.72. The fourth-order valence-corrected chi connectivity index (χ4v) is 2.94. The number of rotatable bonds is 5. The first-order valence-electron chi connectivity index (χ1n) is 7.65. The molecule has 1 aromatic carbocycles. The van der Waals surface area contributed by atoms with Gasteiger partial charge in [0.25, 0.3) is 0 Å². The predicted molar refractivity (Wildman–Crippen MR) is 84.6 cm³/mol. The van der Waals surface area contributed by atoms with Crippen molar-refractivity contribution in [1.82, 2.24) is 9.88 Å². The monoisotopic (exact) mass is 282 g/mol. The van der Waals surface area contributed by atoms with Crippen molar-refractivity contribution in [2.75, 3.05) is 19.6 Å². The van der Waals surface area contributed by atoms with E-state index in [4.69, 9.17) is 4.74 Å². The third-order valence-corrected chi connectivity index (χ3v) is 4.08. The largest absolute Gasteiger partial charge is 0.489 e. The van der Waals surface area contributed by atoms with Crippen molar-refractivity contribution in [3.8, 4) is 5.75 Å². The Balaban J connectivity index is 1.51. The van der Waals surface area contributed by atoms with Crippen LogP contribution in [0.2, 0.25) is 0 Å². The van der Waals surface area contributed by atoms with E-state index in [1.807, 2.05) is 12.1 Å². The molecule has 0 spiro atoms. The number of aromatic nitrogens is 1. The van der Waals surface area contributed by atoms with E-state index in [-0.39, 0.29) is 0 Å². The summed E-state index contributed by atoms with van der Waals surface area (Å²) in [5.41, 5.74) is 1.41. The number of hydrogen-bond acceptors (Lipinski definition) is 3. The molecular formula is C18H22N2O. The van der Waals surface area contributed by atoms with Gasteiger partial charge >= 0.3 is 0 Å². The van der Waals surface area contributed by atoms with Crippen molar-refractivity contribution >= 4 is 0 Å².